The molecule has 2 rings (SSSR count). The van der Waals surface area contributed by atoms with Gasteiger partial charge in [0.15, 0.2) is 0 Å². The first-order valence-electron chi connectivity index (χ1n) is 4.14. The summed E-state index contributed by atoms with van der Waals surface area (Å²) in [5.74, 6) is 1.49. The first-order valence-corrected chi connectivity index (χ1v) is 5.39. The van der Waals surface area contributed by atoms with E-state index < -0.39 is 8.18 Å². The summed E-state index contributed by atoms with van der Waals surface area (Å²) in [4.78, 5) is 0. The maximum atomic E-state index is 10.6. The zero-order valence-electron chi connectivity index (χ0n) is 6.40. The van der Waals surface area contributed by atoms with E-state index in [-0.39, 0.29) is 6.10 Å². The molecule has 4 atom stereocenters. The van der Waals surface area contributed by atoms with Crippen molar-refractivity contribution in [3.05, 3.63) is 0 Å². The molecule has 0 aromatic heterocycles. The first-order chi connectivity index (χ1) is 5.25. The second kappa shape index (κ2) is 2.81. The third kappa shape index (κ3) is 1.46. The Kier molecular flexibility index (Phi) is 1.96. The fourth-order valence-electron chi connectivity index (χ4n) is 2.45. The predicted molar refractivity (Wildman–Crippen MR) is 42.1 cm³/mol. The van der Waals surface area contributed by atoms with E-state index in [0.29, 0.717) is 5.92 Å². The van der Waals surface area contributed by atoms with Crippen LogP contribution in [-0.2, 0) is 9.09 Å². The lowest BCUT2D eigenvalue weighted by molar-refractivity contribution is 0.149. The molecule has 0 saturated heterocycles. The predicted octanol–water partition coefficient (Wildman–Crippen LogP) is 1.81. The number of fused-ring (bicyclic) bond motifs is 2. The van der Waals surface area contributed by atoms with Gasteiger partial charge in [0.2, 0.25) is 0 Å². The molecule has 3 nitrogen and oxygen atoms in total. The Hall–Kier alpha value is 0.0200. The van der Waals surface area contributed by atoms with Crippen molar-refractivity contribution in [2.75, 3.05) is 0 Å². The third-order valence-corrected chi connectivity index (χ3v) is 3.39. The van der Waals surface area contributed by atoms with E-state index >= 15 is 0 Å². The Morgan fingerprint density at radius 3 is 2.64 bits per heavy atom. The van der Waals surface area contributed by atoms with E-state index in [1.807, 2.05) is 0 Å². The zero-order valence-corrected chi connectivity index (χ0v) is 7.30. The lowest BCUT2D eigenvalue weighted by Gasteiger charge is -2.14. The van der Waals surface area contributed by atoms with Crippen LogP contribution in [0.3, 0.4) is 0 Å². The van der Waals surface area contributed by atoms with Crippen LogP contribution in [0.5, 0.6) is 0 Å². The highest BCUT2D eigenvalue weighted by Gasteiger charge is 2.43. The molecule has 62 valence electrons. The van der Waals surface area contributed by atoms with Crippen LogP contribution in [0.1, 0.15) is 25.7 Å². The summed E-state index contributed by atoms with van der Waals surface area (Å²) in [6, 6.07) is 0. The van der Waals surface area contributed by atoms with E-state index in [1.54, 1.807) is 0 Å². The second-order valence-corrected chi connectivity index (χ2v) is 4.39. The molecule has 4 heteroatoms. The molecule has 0 amide bonds. The summed E-state index contributed by atoms with van der Waals surface area (Å²) in [5, 5.41) is 0. The maximum Gasteiger partial charge on any atom is 0.610 e. The number of hydrogen-bond acceptors (Lipinski definition) is 2. The van der Waals surface area contributed by atoms with Gasteiger partial charge in [-0.2, -0.15) is 0 Å². The molecule has 2 saturated carbocycles. The third-order valence-electron chi connectivity index (χ3n) is 2.91. The van der Waals surface area contributed by atoms with E-state index in [9.17, 15) is 4.57 Å². The smallest absolute Gasteiger partial charge is 0.126 e. The summed E-state index contributed by atoms with van der Waals surface area (Å²) in [5.41, 5.74) is 5.09. The van der Waals surface area contributed by atoms with Gasteiger partial charge in [-0.15, -0.1) is 4.52 Å². The Morgan fingerprint density at radius 2 is 2.18 bits per heavy atom. The minimum Gasteiger partial charge on any atom is -0.126 e. The fraction of sp³-hybridized carbons (Fsp3) is 1.00. The molecule has 0 spiro atoms. The zero-order chi connectivity index (χ0) is 7.84. The van der Waals surface area contributed by atoms with Crippen LogP contribution >= 0.6 is 8.18 Å². The lowest BCUT2D eigenvalue weighted by Crippen LogP contribution is -2.18. The largest absolute Gasteiger partial charge is 0.610 e. The highest BCUT2D eigenvalue weighted by molar-refractivity contribution is 7.36. The molecule has 0 radical (unpaired) electrons. The molecular formula is C7H13NO2P+. The van der Waals surface area contributed by atoms with Crippen molar-refractivity contribution in [1.29, 1.82) is 0 Å². The van der Waals surface area contributed by atoms with E-state index in [0.717, 1.165) is 12.3 Å². The molecule has 4 unspecified atom stereocenters. The van der Waals surface area contributed by atoms with Crippen LogP contribution < -0.4 is 5.50 Å². The van der Waals surface area contributed by atoms with Gasteiger partial charge in [-0.05, 0) is 42.1 Å². The van der Waals surface area contributed by atoms with Crippen LogP contribution in [0, 0.1) is 11.8 Å². The summed E-state index contributed by atoms with van der Waals surface area (Å²) in [6.07, 6.45) is 5.16. The molecule has 11 heavy (non-hydrogen) atoms. The minimum absolute atomic E-state index is 0.211. The summed E-state index contributed by atoms with van der Waals surface area (Å²) in [7, 11) is -1.87. The van der Waals surface area contributed by atoms with Gasteiger partial charge in [0.1, 0.15) is 6.10 Å². The van der Waals surface area contributed by atoms with Gasteiger partial charge in [0.05, 0.1) is 0 Å². The number of nitrogens with two attached hydrogens (primary N) is 1. The minimum atomic E-state index is -1.87. The van der Waals surface area contributed by atoms with Gasteiger partial charge < -0.3 is 0 Å². The molecule has 2 fully saturated rings. The molecule has 0 aliphatic heterocycles. The molecular weight excluding hydrogens is 161 g/mol. The van der Waals surface area contributed by atoms with Gasteiger partial charge >= 0.3 is 8.18 Å². The summed E-state index contributed by atoms with van der Waals surface area (Å²) >= 11 is 0. The number of hydrogen-bond donors (Lipinski definition) is 1. The van der Waals surface area contributed by atoms with Crippen LogP contribution in [-0.4, -0.2) is 6.10 Å². The van der Waals surface area contributed by atoms with Gasteiger partial charge in [0.25, 0.3) is 0 Å². The van der Waals surface area contributed by atoms with Crippen molar-refractivity contribution in [1.82, 2.24) is 0 Å². The summed E-state index contributed by atoms with van der Waals surface area (Å²) < 4.78 is 15.7. The monoisotopic (exact) mass is 174 g/mol. The lowest BCUT2D eigenvalue weighted by atomic mass is 9.98. The average Bonchev–Trinajstić information content (AvgIpc) is 2.45. The average molecular weight is 174 g/mol. The van der Waals surface area contributed by atoms with E-state index in [2.05, 4.69) is 0 Å². The Bertz CT molecular complexity index is 185. The van der Waals surface area contributed by atoms with Crippen LogP contribution in [0.15, 0.2) is 0 Å². The molecule has 2 aliphatic carbocycles. The normalized spacial score (nSPS) is 43.0. The van der Waals surface area contributed by atoms with E-state index in [1.165, 1.54) is 19.3 Å². The van der Waals surface area contributed by atoms with Gasteiger partial charge in [0, 0.05) is 0 Å². The van der Waals surface area contributed by atoms with Crippen LogP contribution in [0.25, 0.3) is 0 Å². The highest BCUT2D eigenvalue weighted by atomic mass is 31.1. The maximum absolute atomic E-state index is 10.6. The molecule has 2 N–H and O–H groups in total. The Balaban J connectivity index is 1.92. The summed E-state index contributed by atoms with van der Waals surface area (Å²) in [6.45, 7) is 0. The SMILES string of the molecule is N[P+](=O)OC1CC2CCC1C2. The van der Waals surface area contributed by atoms with Gasteiger partial charge in [-0.25, -0.2) is 0 Å². The van der Waals surface area contributed by atoms with Crippen molar-refractivity contribution >= 4 is 8.18 Å². The molecule has 2 aliphatic rings. The fourth-order valence-corrected chi connectivity index (χ4v) is 2.97. The molecule has 0 heterocycles. The van der Waals surface area contributed by atoms with Crippen molar-refractivity contribution in [3.8, 4) is 0 Å². The Morgan fingerprint density at radius 1 is 1.36 bits per heavy atom. The quantitative estimate of drug-likeness (QED) is 0.649. The van der Waals surface area contributed by atoms with Crippen molar-refractivity contribution in [3.63, 3.8) is 0 Å². The topological polar surface area (TPSA) is 52.3 Å². The van der Waals surface area contributed by atoms with Crippen molar-refractivity contribution < 1.29 is 9.09 Å². The molecule has 2 bridgehead atoms. The second-order valence-electron chi connectivity index (χ2n) is 3.60. The van der Waals surface area contributed by atoms with E-state index in [4.69, 9.17) is 10.0 Å². The van der Waals surface area contributed by atoms with Crippen molar-refractivity contribution in [2.45, 2.75) is 31.8 Å². The van der Waals surface area contributed by atoms with Crippen LogP contribution in [0.4, 0.5) is 0 Å². The standard InChI is InChI=1S/C7H13NO2P/c8-11(9)10-7-4-5-1-2-6(7)3-5/h5-7H,1-4H2,(H2,8,9)/q+1. The van der Waals surface area contributed by atoms with Gasteiger partial charge in [-0.3, -0.25) is 0 Å². The molecule has 0 aromatic rings. The van der Waals surface area contributed by atoms with Crippen molar-refractivity contribution in [2.24, 2.45) is 17.3 Å². The van der Waals surface area contributed by atoms with Gasteiger partial charge in [-0.1, -0.05) is 5.50 Å². The Labute approximate surface area is 67.2 Å². The number of rotatable bonds is 2. The first kappa shape index (κ1) is 7.66. The van der Waals surface area contributed by atoms with Crippen LogP contribution in [0.2, 0.25) is 0 Å². The molecule has 0 aromatic carbocycles. The highest BCUT2D eigenvalue weighted by Crippen LogP contribution is 2.47.